The van der Waals surface area contributed by atoms with Gasteiger partial charge in [0.05, 0.1) is 6.61 Å². The van der Waals surface area contributed by atoms with Crippen LogP contribution in [0.1, 0.15) is 32.6 Å². The fraction of sp³-hybridized carbons (Fsp3) is 1.00. The Bertz CT molecular complexity index is 206. The number of rotatable bonds is 6. The molecule has 0 bridgehead atoms. The van der Waals surface area contributed by atoms with Gasteiger partial charge in [0, 0.05) is 25.2 Å². The molecule has 0 spiro atoms. The van der Waals surface area contributed by atoms with Crippen LogP contribution in [0.25, 0.3) is 0 Å². The molecule has 2 aliphatic rings. The topological polar surface area (TPSA) is 24.5 Å². The van der Waals surface area contributed by atoms with Crippen LogP contribution in [-0.4, -0.2) is 50.3 Å². The standard InChI is InChI=1S/C13H26N2O/c1-11-9-13(5-7-15(11)2)14-6-8-16-10-12-3-4-12/h11-14H,3-10H2,1-2H3. The van der Waals surface area contributed by atoms with Gasteiger partial charge in [-0.05, 0) is 52.1 Å². The zero-order chi connectivity index (χ0) is 11.4. The molecule has 3 heteroatoms. The van der Waals surface area contributed by atoms with Crippen LogP contribution in [0, 0.1) is 5.92 Å². The van der Waals surface area contributed by atoms with Crippen molar-refractivity contribution in [2.24, 2.45) is 5.92 Å². The summed E-state index contributed by atoms with van der Waals surface area (Å²) in [5, 5.41) is 3.62. The molecule has 0 aromatic heterocycles. The molecule has 1 saturated heterocycles. The van der Waals surface area contributed by atoms with Crippen molar-refractivity contribution < 1.29 is 4.74 Å². The van der Waals surface area contributed by atoms with E-state index in [4.69, 9.17) is 4.74 Å². The molecule has 3 nitrogen and oxygen atoms in total. The summed E-state index contributed by atoms with van der Waals surface area (Å²) in [6.07, 6.45) is 5.34. The van der Waals surface area contributed by atoms with E-state index in [1.807, 2.05) is 0 Å². The maximum Gasteiger partial charge on any atom is 0.0591 e. The lowest BCUT2D eigenvalue weighted by Gasteiger charge is -2.35. The zero-order valence-electron chi connectivity index (χ0n) is 10.7. The summed E-state index contributed by atoms with van der Waals surface area (Å²) in [5.41, 5.74) is 0. The molecule has 0 aromatic rings. The van der Waals surface area contributed by atoms with Gasteiger partial charge >= 0.3 is 0 Å². The van der Waals surface area contributed by atoms with Gasteiger partial charge in [-0.2, -0.15) is 0 Å². The van der Waals surface area contributed by atoms with Crippen LogP contribution in [-0.2, 0) is 4.74 Å². The molecule has 2 fully saturated rings. The van der Waals surface area contributed by atoms with Crippen LogP contribution in [0.2, 0.25) is 0 Å². The highest BCUT2D eigenvalue weighted by atomic mass is 16.5. The van der Waals surface area contributed by atoms with Crippen molar-refractivity contribution in [3.63, 3.8) is 0 Å². The fourth-order valence-corrected chi connectivity index (χ4v) is 2.34. The monoisotopic (exact) mass is 226 g/mol. The summed E-state index contributed by atoms with van der Waals surface area (Å²) >= 11 is 0. The Balaban J connectivity index is 1.48. The second-order valence-corrected chi connectivity index (χ2v) is 5.52. The average molecular weight is 226 g/mol. The van der Waals surface area contributed by atoms with Crippen molar-refractivity contribution in [2.45, 2.75) is 44.7 Å². The molecule has 0 amide bonds. The summed E-state index contributed by atoms with van der Waals surface area (Å²) in [5.74, 6) is 0.892. The minimum atomic E-state index is 0.704. The molecule has 1 N–H and O–H groups in total. The maximum atomic E-state index is 5.62. The molecule has 0 aromatic carbocycles. The van der Waals surface area contributed by atoms with Gasteiger partial charge in [-0.1, -0.05) is 0 Å². The van der Waals surface area contributed by atoms with Gasteiger partial charge in [-0.25, -0.2) is 0 Å². The second-order valence-electron chi connectivity index (χ2n) is 5.52. The van der Waals surface area contributed by atoms with Gasteiger partial charge in [0.15, 0.2) is 0 Å². The Hall–Kier alpha value is -0.120. The van der Waals surface area contributed by atoms with Crippen molar-refractivity contribution in [3.05, 3.63) is 0 Å². The van der Waals surface area contributed by atoms with E-state index in [1.165, 1.54) is 32.2 Å². The summed E-state index contributed by atoms with van der Waals surface area (Å²) in [6.45, 7) is 6.44. The molecule has 1 aliphatic heterocycles. The molecule has 1 aliphatic carbocycles. The summed E-state index contributed by atoms with van der Waals surface area (Å²) < 4.78 is 5.62. The fourth-order valence-electron chi connectivity index (χ4n) is 2.34. The van der Waals surface area contributed by atoms with Crippen LogP contribution in [0.15, 0.2) is 0 Å². The smallest absolute Gasteiger partial charge is 0.0591 e. The quantitative estimate of drug-likeness (QED) is 0.694. The SMILES string of the molecule is CC1CC(NCCOCC2CC2)CCN1C. The van der Waals surface area contributed by atoms with Gasteiger partial charge in [0.1, 0.15) is 0 Å². The van der Waals surface area contributed by atoms with Crippen molar-refractivity contribution in [3.8, 4) is 0 Å². The highest BCUT2D eigenvalue weighted by molar-refractivity contribution is 4.81. The van der Waals surface area contributed by atoms with E-state index in [1.54, 1.807) is 0 Å². The van der Waals surface area contributed by atoms with Crippen molar-refractivity contribution in [2.75, 3.05) is 33.4 Å². The Morgan fingerprint density at radius 1 is 1.31 bits per heavy atom. The lowest BCUT2D eigenvalue weighted by atomic mass is 9.99. The summed E-state index contributed by atoms with van der Waals surface area (Å²) in [7, 11) is 2.22. The molecular weight excluding hydrogens is 200 g/mol. The highest BCUT2D eigenvalue weighted by Gasteiger charge is 2.22. The number of piperidine rings is 1. The van der Waals surface area contributed by atoms with Crippen molar-refractivity contribution in [1.82, 2.24) is 10.2 Å². The van der Waals surface area contributed by atoms with Crippen LogP contribution in [0.5, 0.6) is 0 Å². The van der Waals surface area contributed by atoms with Crippen LogP contribution < -0.4 is 5.32 Å². The minimum absolute atomic E-state index is 0.704. The first-order valence-corrected chi connectivity index (χ1v) is 6.77. The van der Waals surface area contributed by atoms with Gasteiger partial charge in [-0.15, -0.1) is 0 Å². The number of ether oxygens (including phenoxy) is 1. The minimum Gasteiger partial charge on any atom is -0.380 e. The number of hydrogen-bond donors (Lipinski definition) is 1. The lowest BCUT2D eigenvalue weighted by molar-refractivity contribution is 0.116. The van der Waals surface area contributed by atoms with E-state index in [2.05, 4.69) is 24.2 Å². The molecule has 16 heavy (non-hydrogen) atoms. The van der Waals surface area contributed by atoms with Crippen LogP contribution in [0.3, 0.4) is 0 Å². The van der Waals surface area contributed by atoms with Crippen LogP contribution in [0.4, 0.5) is 0 Å². The molecule has 1 saturated carbocycles. The third-order valence-electron chi connectivity index (χ3n) is 3.94. The van der Waals surface area contributed by atoms with Crippen molar-refractivity contribution in [1.29, 1.82) is 0 Å². The second kappa shape index (κ2) is 5.99. The third kappa shape index (κ3) is 4.04. The third-order valence-corrected chi connectivity index (χ3v) is 3.94. The number of nitrogens with one attached hydrogen (secondary N) is 1. The van der Waals surface area contributed by atoms with Crippen molar-refractivity contribution >= 4 is 0 Å². The Morgan fingerprint density at radius 3 is 2.81 bits per heavy atom. The van der Waals surface area contributed by atoms with E-state index in [0.29, 0.717) is 6.04 Å². The first-order chi connectivity index (χ1) is 7.75. The Labute approximate surface area is 99.5 Å². The molecule has 2 rings (SSSR count). The predicted molar refractivity (Wildman–Crippen MR) is 66.7 cm³/mol. The number of nitrogens with zero attached hydrogens (tertiary/aromatic N) is 1. The predicted octanol–water partition coefficient (Wildman–Crippen LogP) is 1.49. The molecule has 2 unspecified atom stereocenters. The van der Waals surface area contributed by atoms with E-state index in [0.717, 1.165) is 31.7 Å². The first-order valence-electron chi connectivity index (χ1n) is 6.77. The normalized spacial score (nSPS) is 31.9. The van der Waals surface area contributed by atoms with Gasteiger partial charge < -0.3 is 15.0 Å². The molecule has 0 radical (unpaired) electrons. The summed E-state index contributed by atoms with van der Waals surface area (Å²) in [6, 6.07) is 1.43. The Morgan fingerprint density at radius 2 is 2.12 bits per heavy atom. The van der Waals surface area contributed by atoms with E-state index in [9.17, 15) is 0 Å². The number of likely N-dealkylation sites (tertiary alicyclic amines) is 1. The van der Waals surface area contributed by atoms with E-state index < -0.39 is 0 Å². The van der Waals surface area contributed by atoms with E-state index in [-0.39, 0.29) is 0 Å². The number of hydrogen-bond acceptors (Lipinski definition) is 3. The largest absolute Gasteiger partial charge is 0.380 e. The zero-order valence-corrected chi connectivity index (χ0v) is 10.7. The average Bonchev–Trinajstić information content (AvgIpc) is 3.07. The summed E-state index contributed by atoms with van der Waals surface area (Å²) in [4.78, 5) is 2.45. The highest BCUT2D eigenvalue weighted by Crippen LogP contribution is 2.28. The van der Waals surface area contributed by atoms with Gasteiger partial charge in [0.25, 0.3) is 0 Å². The molecule has 1 heterocycles. The molecule has 94 valence electrons. The Kier molecular flexibility index (Phi) is 4.62. The maximum absolute atomic E-state index is 5.62. The lowest BCUT2D eigenvalue weighted by Crippen LogP contribution is -2.46. The van der Waals surface area contributed by atoms with Crippen LogP contribution >= 0.6 is 0 Å². The molecular formula is C13H26N2O. The van der Waals surface area contributed by atoms with E-state index >= 15 is 0 Å². The van der Waals surface area contributed by atoms with Gasteiger partial charge in [-0.3, -0.25) is 0 Å². The molecule has 2 atom stereocenters. The first kappa shape index (κ1) is 12.3. The van der Waals surface area contributed by atoms with Gasteiger partial charge in [0.2, 0.25) is 0 Å².